The molecule has 148 valence electrons. The Kier molecular flexibility index (Phi) is 10.9. The van der Waals surface area contributed by atoms with E-state index in [4.69, 9.17) is 21.1 Å². The minimum atomic E-state index is 0.709. The van der Waals surface area contributed by atoms with Crippen LogP contribution in [0.3, 0.4) is 0 Å². The van der Waals surface area contributed by atoms with Crippen LogP contribution in [0, 0.1) is 0 Å². The van der Waals surface area contributed by atoms with E-state index in [9.17, 15) is 0 Å². The van der Waals surface area contributed by atoms with Gasteiger partial charge in [0.25, 0.3) is 0 Å². The Balaban J connectivity index is 1.54. The van der Waals surface area contributed by atoms with Crippen molar-refractivity contribution in [2.75, 3.05) is 37.8 Å². The summed E-state index contributed by atoms with van der Waals surface area (Å²) in [4.78, 5) is 2.31. The molecular weight excluding hydrogens is 346 g/mol. The van der Waals surface area contributed by atoms with Crippen molar-refractivity contribution in [3.63, 3.8) is 0 Å². The molecule has 0 amide bonds. The van der Waals surface area contributed by atoms with Crippen molar-refractivity contribution in [2.24, 2.45) is 0 Å². The number of hydrogen-bond acceptors (Lipinski definition) is 3. The molecule has 3 nitrogen and oxygen atoms in total. The Hall–Kier alpha value is -0.930. The van der Waals surface area contributed by atoms with Crippen LogP contribution < -0.4 is 9.64 Å². The summed E-state index contributed by atoms with van der Waals surface area (Å²) < 4.78 is 11.3. The first kappa shape index (κ1) is 21.4. The van der Waals surface area contributed by atoms with Gasteiger partial charge in [-0.3, -0.25) is 0 Å². The standard InChI is InChI=1S/C22H36ClNO2/c1-2-3-4-5-6-7-8-9-10-11-16-26-22-13-12-20(19-21(22)23)24-14-17-25-18-15-24/h12-13,19H,2-11,14-18H2,1H3. The lowest BCUT2D eigenvalue weighted by atomic mass is 10.1. The van der Waals surface area contributed by atoms with E-state index < -0.39 is 0 Å². The number of ether oxygens (including phenoxy) is 2. The average molecular weight is 382 g/mol. The molecule has 0 saturated carbocycles. The molecule has 1 heterocycles. The molecule has 0 unspecified atom stereocenters. The zero-order valence-corrected chi connectivity index (χ0v) is 17.2. The summed E-state index contributed by atoms with van der Waals surface area (Å²) in [6.07, 6.45) is 13.4. The summed E-state index contributed by atoms with van der Waals surface area (Å²) in [5.74, 6) is 0.805. The SMILES string of the molecule is CCCCCCCCCCCCOc1ccc(N2CCOCC2)cc1Cl. The molecule has 0 radical (unpaired) electrons. The van der Waals surface area contributed by atoms with Crippen LogP contribution in [0.4, 0.5) is 5.69 Å². The van der Waals surface area contributed by atoms with Crippen LogP contribution in [-0.4, -0.2) is 32.9 Å². The van der Waals surface area contributed by atoms with Crippen LogP contribution in [0.5, 0.6) is 5.75 Å². The molecule has 0 spiro atoms. The van der Waals surface area contributed by atoms with Crippen molar-refractivity contribution in [1.82, 2.24) is 0 Å². The predicted molar refractivity (Wildman–Crippen MR) is 112 cm³/mol. The van der Waals surface area contributed by atoms with Gasteiger partial charge in [0.05, 0.1) is 24.8 Å². The lowest BCUT2D eigenvalue weighted by Gasteiger charge is -2.29. The lowest BCUT2D eigenvalue weighted by molar-refractivity contribution is 0.122. The van der Waals surface area contributed by atoms with Crippen molar-refractivity contribution >= 4 is 17.3 Å². The van der Waals surface area contributed by atoms with Crippen LogP contribution in [0.1, 0.15) is 71.1 Å². The normalized spacial score (nSPS) is 14.6. The molecule has 1 aliphatic heterocycles. The molecular formula is C22H36ClNO2. The van der Waals surface area contributed by atoms with Crippen molar-refractivity contribution in [3.8, 4) is 5.75 Å². The number of unbranched alkanes of at least 4 members (excludes halogenated alkanes) is 9. The summed E-state index contributed by atoms with van der Waals surface area (Å²) in [5.41, 5.74) is 1.16. The summed E-state index contributed by atoms with van der Waals surface area (Å²) >= 11 is 6.40. The van der Waals surface area contributed by atoms with E-state index in [0.29, 0.717) is 5.02 Å². The number of nitrogens with zero attached hydrogens (tertiary/aromatic N) is 1. The number of hydrogen-bond donors (Lipinski definition) is 0. The molecule has 1 aromatic carbocycles. The predicted octanol–water partition coefficient (Wildman–Crippen LogP) is 6.48. The average Bonchev–Trinajstić information content (AvgIpc) is 2.68. The van der Waals surface area contributed by atoms with E-state index in [-0.39, 0.29) is 0 Å². The third-order valence-corrected chi connectivity index (χ3v) is 5.34. The van der Waals surface area contributed by atoms with E-state index >= 15 is 0 Å². The van der Waals surface area contributed by atoms with E-state index in [0.717, 1.165) is 50.8 Å². The maximum absolute atomic E-state index is 6.40. The van der Waals surface area contributed by atoms with E-state index in [2.05, 4.69) is 17.9 Å². The highest BCUT2D eigenvalue weighted by Gasteiger charge is 2.13. The second kappa shape index (κ2) is 13.3. The third-order valence-electron chi connectivity index (χ3n) is 5.05. The summed E-state index contributed by atoms with van der Waals surface area (Å²) in [6.45, 7) is 6.45. The summed E-state index contributed by atoms with van der Waals surface area (Å²) in [6, 6.07) is 6.12. The minimum absolute atomic E-state index is 0.709. The van der Waals surface area contributed by atoms with Gasteiger partial charge < -0.3 is 14.4 Å². The Morgan fingerprint density at radius 2 is 1.54 bits per heavy atom. The highest BCUT2D eigenvalue weighted by Crippen LogP contribution is 2.30. The van der Waals surface area contributed by atoms with Crippen LogP contribution in [-0.2, 0) is 4.74 Å². The van der Waals surface area contributed by atoms with Crippen LogP contribution in [0.2, 0.25) is 5.02 Å². The van der Waals surface area contributed by atoms with E-state index in [1.54, 1.807) is 0 Å². The Morgan fingerprint density at radius 1 is 0.923 bits per heavy atom. The van der Waals surface area contributed by atoms with Gasteiger partial charge in [-0.05, 0) is 24.6 Å². The molecule has 0 N–H and O–H groups in total. The maximum atomic E-state index is 6.40. The van der Waals surface area contributed by atoms with Gasteiger partial charge in [-0.25, -0.2) is 0 Å². The van der Waals surface area contributed by atoms with Crippen LogP contribution >= 0.6 is 11.6 Å². The molecule has 0 atom stereocenters. The lowest BCUT2D eigenvalue weighted by Crippen LogP contribution is -2.36. The molecule has 1 aliphatic rings. The summed E-state index contributed by atoms with van der Waals surface area (Å²) in [7, 11) is 0. The molecule has 26 heavy (non-hydrogen) atoms. The number of morpholine rings is 1. The van der Waals surface area contributed by atoms with Gasteiger partial charge in [0.15, 0.2) is 0 Å². The zero-order valence-electron chi connectivity index (χ0n) is 16.5. The second-order valence-electron chi connectivity index (χ2n) is 7.24. The monoisotopic (exact) mass is 381 g/mol. The smallest absolute Gasteiger partial charge is 0.138 e. The Morgan fingerprint density at radius 3 is 2.15 bits per heavy atom. The molecule has 4 heteroatoms. The van der Waals surface area contributed by atoms with Gasteiger partial charge >= 0.3 is 0 Å². The van der Waals surface area contributed by atoms with Crippen molar-refractivity contribution in [3.05, 3.63) is 23.2 Å². The van der Waals surface area contributed by atoms with Crippen LogP contribution in [0.25, 0.3) is 0 Å². The molecule has 1 aromatic rings. The zero-order chi connectivity index (χ0) is 18.5. The molecule has 0 aliphatic carbocycles. The fourth-order valence-electron chi connectivity index (χ4n) is 3.40. The number of anilines is 1. The van der Waals surface area contributed by atoms with Gasteiger partial charge in [-0.1, -0.05) is 76.3 Å². The highest BCUT2D eigenvalue weighted by atomic mass is 35.5. The molecule has 0 aromatic heterocycles. The summed E-state index contributed by atoms with van der Waals surface area (Å²) in [5, 5.41) is 0.709. The largest absolute Gasteiger partial charge is 0.492 e. The molecule has 2 rings (SSSR count). The minimum Gasteiger partial charge on any atom is -0.492 e. The van der Waals surface area contributed by atoms with E-state index in [1.165, 1.54) is 57.8 Å². The molecule has 1 saturated heterocycles. The van der Waals surface area contributed by atoms with Gasteiger partial charge in [0.2, 0.25) is 0 Å². The topological polar surface area (TPSA) is 21.7 Å². The Labute approximate surface area is 165 Å². The fraction of sp³-hybridized carbons (Fsp3) is 0.727. The second-order valence-corrected chi connectivity index (χ2v) is 7.65. The third kappa shape index (κ3) is 8.18. The van der Waals surface area contributed by atoms with Gasteiger partial charge in [-0.2, -0.15) is 0 Å². The Bertz CT molecular complexity index is 489. The van der Waals surface area contributed by atoms with E-state index in [1.807, 2.05) is 12.1 Å². The number of halogens is 1. The van der Waals surface area contributed by atoms with Gasteiger partial charge in [-0.15, -0.1) is 0 Å². The van der Waals surface area contributed by atoms with Crippen molar-refractivity contribution < 1.29 is 9.47 Å². The van der Waals surface area contributed by atoms with Gasteiger partial charge in [0.1, 0.15) is 5.75 Å². The van der Waals surface area contributed by atoms with Crippen molar-refractivity contribution in [2.45, 2.75) is 71.1 Å². The van der Waals surface area contributed by atoms with Gasteiger partial charge in [0, 0.05) is 18.8 Å². The molecule has 0 bridgehead atoms. The highest BCUT2D eigenvalue weighted by molar-refractivity contribution is 6.32. The first-order valence-electron chi connectivity index (χ1n) is 10.6. The van der Waals surface area contributed by atoms with Crippen LogP contribution in [0.15, 0.2) is 18.2 Å². The maximum Gasteiger partial charge on any atom is 0.138 e. The fourth-order valence-corrected chi connectivity index (χ4v) is 3.63. The number of rotatable bonds is 13. The number of benzene rings is 1. The first-order valence-corrected chi connectivity index (χ1v) is 10.9. The first-order chi connectivity index (χ1) is 12.8. The van der Waals surface area contributed by atoms with Crippen molar-refractivity contribution in [1.29, 1.82) is 0 Å². The quantitative estimate of drug-likeness (QED) is 0.365. The molecule has 1 fully saturated rings.